The van der Waals surface area contributed by atoms with E-state index >= 15 is 0 Å². The van der Waals surface area contributed by atoms with E-state index in [1.165, 1.54) is 16.2 Å². The molecule has 5 heterocycles. The van der Waals surface area contributed by atoms with E-state index in [2.05, 4.69) is 51.3 Å². The molecule has 6 aromatic rings. The van der Waals surface area contributed by atoms with Crippen LogP contribution in [0.2, 0.25) is 5.02 Å². The fraction of sp³-hybridized carbons (Fsp3) is 0.308. The standard InChI is InChI=1S/C52H53ClN12O6S/c1-32-9-7-11-40(53)47(32)60-50(69)43-30-54-52(72-43)58-44-29-45(56-33(2)55-44)64-26-24-63(25-27-64)23-5-3-4-6-28-71-37-19-17-36(18-20-37)62-61-35-15-13-34(14-16-35)48(67)57-41-12-8-10-38-39(41)31-65(51(38)70)42-21-22-46(66)59-49(42)68/h7-20,29-30,42H,3-6,21-28,31H2,1-2H3,(H,57,67)(H,60,69)(H,59,66,68)(H,54,55,56,58). The molecular weight excluding hydrogens is 956 g/mol. The maximum absolute atomic E-state index is 13.2. The normalized spacial score (nSPS) is 15.9. The Morgan fingerprint density at radius 2 is 1.58 bits per heavy atom. The monoisotopic (exact) mass is 1010 g/mol. The number of piperidine rings is 1. The van der Waals surface area contributed by atoms with E-state index in [4.69, 9.17) is 21.3 Å². The van der Waals surface area contributed by atoms with Crippen molar-refractivity contribution in [2.75, 3.05) is 60.2 Å². The highest BCUT2D eigenvalue weighted by Gasteiger charge is 2.40. The fourth-order valence-electron chi connectivity index (χ4n) is 8.77. The van der Waals surface area contributed by atoms with Crippen molar-refractivity contribution in [3.8, 4) is 5.75 Å². The van der Waals surface area contributed by atoms with Crippen LogP contribution in [0.25, 0.3) is 0 Å². The average Bonchev–Trinajstić information content (AvgIpc) is 3.99. The van der Waals surface area contributed by atoms with Crippen molar-refractivity contribution in [2.24, 2.45) is 10.2 Å². The number of aryl methyl sites for hydroxylation is 2. The zero-order valence-electron chi connectivity index (χ0n) is 39.8. The van der Waals surface area contributed by atoms with Crippen molar-refractivity contribution in [3.05, 3.63) is 135 Å². The van der Waals surface area contributed by atoms with Crippen molar-refractivity contribution < 1.29 is 28.7 Å². The van der Waals surface area contributed by atoms with E-state index in [0.29, 0.717) is 72.7 Å². The summed E-state index contributed by atoms with van der Waals surface area (Å²) in [5.41, 5.74) is 4.61. The minimum Gasteiger partial charge on any atom is -0.494 e. The Morgan fingerprint density at radius 3 is 2.33 bits per heavy atom. The summed E-state index contributed by atoms with van der Waals surface area (Å²) in [6, 6.07) is 25.9. The molecule has 0 saturated carbocycles. The Hall–Kier alpha value is -7.61. The van der Waals surface area contributed by atoms with Crippen molar-refractivity contribution in [3.63, 3.8) is 0 Å². The van der Waals surface area contributed by atoms with Crippen LogP contribution in [0, 0.1) is 13.8 Å². The van der Waals surface area contributed by atoms with Gasteiger partial charge in [0.1, 0.15) is 34.1 Å². The third-order valence-electron chi connectivity index (χ3n) is 12.7. The second-order valence-corrected chi connectivity index (χ2v) is 19.2. The maximum Gasteiger partial charge on any atom is 0.267 e. The van der Waals surface area contributed by atoms with Crippen LogP contribution in [0.3, 0.4) is 0 Å². The first-order chi connectivity index (χ1) is 34.9. The van der Waals surface area contributed by atoms with Gasteiger partial charge < -0.3 is 30.5 Å². The van der Waals surface area contributed by atoms with Gasteiger partial charge >= 0.3 is 0 Å². The van der Waals surface area contributed by atoms with Gasteiger partial charge in [0.05, 0.1) is 34.9 Å². The Kier molecular flexibility index (Phi) is 15.5. The summed E-state index contributed by atoms with van der Waals surface area (Å²) in [7, 11) is 0. The third-order valence-corrected chi connectivity index (χ3v) is 13.9. The third kappa shape index (κ3) is 12.1. The van der Waals surface area contributed by atoms with Crippen LogP contribution < -0.4 is 30.9 Å². The first kappa shape index (κ1) is 49.4. The predicted molar refractivity (Wildman–Crippen MR) is 276 cm³/mol. The molecule has 1 atom stereocenters. The second kappa shape index (κ2) is 22.6. The lowest BCUT2D eigenvalue weighted by Crippen LogP contribution is -2.52. The number of aromatic nitrogens is 3. The number of benzene rings is 4. The number of ether oxygens (including phenoxy) is 1. The van der Waals surface area contributed by atoms with E-state index in [0.717, 1.165) is 75.5 Å². The van der Waals surface area contributed by atoms with Gasteiger partial charge in [0, 0.05) is 67.6 Å². The van der Waals surface area contributed by atoms with Gasteiger partial charge in [-0.2, -0.15) is 10.2 Å². The first-order valence-corrected chi connectivity index (χ1v) is 25.1. The van der Waals surface area contributed by atoms with Gasteiger partial charge in [0.15, 0.2) is 5.13 Å². The van der Waals surface area contributed by atoms with Gasteiger partial charge in [-0.15, -0.1) is 0 Å². The van der Waals surface area contributed by atoms with Crippen LogP contribution in [0.4, 0.5) is 39.5 Å². The molecule has 9 rings (SSSR count). The molecule has 4 aromatic carbocycles. The van der Waals surface area contributed by atoms with E-state index in [-0.39, 0.29) is 43.0 Å². The molecule has 20 heteroatoms. The molecule has 4 N–H and O–H groups in total. The number of halogens is 1. The summed E-state index contributed by atoms with van der Waals surface area (Å²) < 4.78 is 6.00. The van der Waals surface area contributed by atoms with Crippen LogP contribution in [-0.2, 0) is 16.1 Å². The van der Waals surface area contributed by atoms with Crippen LogP contribution in [0.5, 0.6) is 5.75 Å². The number of para-hydroxylation sites is 1. The number of azo groups is 1. The minimum atomic E-state index is -0.744. The number of piperazine rings is 1. The largest absolute Gasteiger partial charge is 0.494 e. The molecule has 0 bridgehead atoms. The number of rotatable bonds is 18. The maximum atomic E-state index is 13.2. The topological polar surface area (TPSA) is 216 Å². The van der Waals surface area contributed by atoms with Crippen LogP contribution >= 0.6 is 22.9 Å². The molecule has 18 nitrogen and oxygen atoms in total. The van der Waals surface area contributed by atoms with E-state index < -0.39 is 11.9 Å². The summed E-state index contributed by atoms with van der Waals surface area (Å²) in [4.78, 5) is 83.9. The molecule has 3 aliphatic heterocycles. The van der Waals surface area contributed by atoms with Gasteiger partial charge in [0.25, 0.3) is 17.7 Å². The lowest BCUT2D eigenvalue weighted by molar-refractivity contribution is -0.136. The quantitative estimate of drug-likeness (QED) is 0.0360. The highest BCUT2D eigenvalue weighted by Crippen LogP contribution is 2.34. The van der Waals surface area contributed by atoms with E-state index in [9.17, 15) is 24.0 Å². The van der Waals surface area contributed by atoms with Crippen LogP contribution in [0.1, 0.15) is 85.9 Å². The Labute approximate surface area is 425 Å². The molecular formula is C52H53ClN12O6S. The lowest BCUT2D eigenvalue weighted by Gasteiger charge is -2.35. The number of carbonyl (C=O) groups excluding carboxylic acids is 5. The molecule has 0 spiro atoms. The molecule has 1 unspecified atom stereocenters. The number of hydrogen-bond donors (Lipinski definition) is 4. The summed E-state index contributed by atoms with van der Waals surface area (Å²) in [5, 5.41) is 21.1. The minimum absolute atomic E-state index is 0.150. The number of nitrogens with one attached hydrogen (secondary N) is 4. The Balaban J connectivity index is 0.649. The second-order valence-electron chi connectivity index (χ2n) is 17.7. The molecule has 5 amide bonds. The predicted octanol–water partition coefficient (Wildman–Crippen LogP) is 9.39. The number of imide groups is 1. The number of carbonyl (C=O) groups is 5. The van der Waals surface area contributed by atoms with Crippen molar-refractivity contribution in [2.45, 2.75) is 65.0 Å². The molecule has 72 heavy (non-hydrogen) atoms. The zero-order chi connectivity index (χ0) is 50.1. The molecule has 3 aliphatic rings. The summed E-state index contributed by atoms with van der Waals surface area (Å²) >= 11 is 7.55. The van der Waals surface area contributed by atoms with E-state index in [1.807, 2.05) is 56.3 Å². The Morgan fingerprint density at radius 1 is 0.847 bits per heavy atom. The zero-order valence-corrected chi connectivity index (χ0v) is 41.4. The van der Waals surface area contributed by atoms with Gasteiger partial charge in [-0.1, -0.05) is 54.0 Å². The average molecular weight is 1010 g/mol. The molecule has 2 fully saturated rings. The fourth-order valence-corrected chi connectivity index (χ4v) is 9.76. The number of fused-ring (bicyclic) bond motifs is 1. The number of thiazole rings is 1. The summed E-state index contributed by atoms with van der Waals surface area (Å²) in [6.07, 6.45) is 6.24. The lowest BCUT2D eigenvalue weighted by atomic mass is 10.0. The number of nitrogens with zero attached hydrogens (tertiary/aromatic N) is 8. The van der Waals surface area contributed by atoms with Crippen LogP contribution in [-0.4, -0.2) is 99.7 Å². The number of amides is 5. The van der Waals surface area contributed by atoms with Gasteiger partial charge in [0.2, 0.25) is 11.8 Å². The van der Waals surface area contributed by atoms with E-state index in [1.54, 1.807) is 54.7 Å². The van der Waals surface area contributed by atoms with Crippen molar-refractivity contribution in [1.29, 1.82) is 0 Å². The summed E-state index contributed by atoms with van der Waals surface area (Å²) in [6.45, 7) is 9.22. The molecule has 2 saturated heterocycles. The number of anilines is 5. The van der Waals surface area contributed by atoms with Crippen LogP contribution in [0.15, 0.2) is 107 Å². The molecule has 0 radical (unpaired) electrons. The SMILES string of the molecule is Cc1nc(Nc2ncc(C(=O)Nc3c(C)cccc3Cl)s2)cc(N2CCN(CCCCCCOc3ccc(N=Nc4ccc(C(=O)Nc5cccc6c5CN(C5CCC(=O)NC5=O)C6=O)cc4)cc3)CC2)n1. The Bertz CT molecular complexity index is 2990. The number of unbranched alkanes of at least 4 members (excludes halogenated alkanes) is 3. The van der Waals surface area contributed by atoms with Gasteiger partial charge in [-0.25, -0.2) is 15.0 Å². The highest BCUT2D eigenvalue weighted by atomic mass is 35.5. The molecule has 0 aliphatic carbocycles. The highest BCUT2D eigenvalue weighted by molar-refractivity contribution is 7.17. The first-order valence-electron chi connectivity index (χ1n) is 23.9. The van der Waals surface area contributed by atoms with Gasteiger partial charge in [-0.05, 0) is 112 Å². The van der Waals surface area contributed by atoms with Gasteiger partial charge in [-0.3, -0.25) is 34.2 Å². The smallest absolute Gasteiger partial charge is 0.267 e. The molecule has 2 aromatic heterocycles. The summed E-state index contributed by atoms with van der Waals surface area (Å²) in [5.74, 6) is 1.11. The molecule has 370 valence electrons. The number of hydrogen-bond acceptors (Lipinski definition) is 15. The van der Waals surface area contributed by atoms with Crippen molar-refractivity contribution in [1.82, 2.24) is 30.1 Å². The van der Waals surface area contributed by atoms with Crippen molar-refractivity contribution >= 4 is 92.0 Å².